The summed E-state index contributed by atoms with van der Waals surface area (Å²) in [5.74, 6) is 2.60. The van der Waals surface area contributed by atoms with Gasteiger partial charge in [0.2, 0.25) is 0 Å². The topological polar surface area (TPSA) is 46.5 Å². The normalized spacial score (nSPS) is 53.0. The van der Waals surface area contributed by atoms with E-state index in [4.69, 9.17) is 4.74 Å². The molecule has 4 aliphatic carbocycles. The number of hydrogen-bond donors (Lipinski definition) is 1. The second kappa shape index (κ2) is 5.59. The molecular weight excluding hydrogens is 300 g/mol. The molecule has 0 radical (unpaired) electrons. The van der Waals surface area contributed by atoms with Crippen LogP contribution in [0.25, 0.3) is 0 Å². The number of rotatable bonds is 1. The largest absolute Gasteiger partial charge is 0.469 e. The van der Waals surface area contributed by atoms with Crippen molar-refractivity contribution in [2.45, 2.75) is 64.9 Å². The Balaban J connectivity index is 1.66. The van der Waals surface area contributed by atoms with E-state index in [0.29, 0.717) is 29.1 Å². The summed E-state index contributed by atoms with van der Waals surface area (Å²) in [7, 11) is 1.52. The lowest BCUT2D eigenvalue weighted by molar-refractivity contribution is -0.149. The van der Waals surface area contributed by atoms with Crippen molar-refractivity contribution < 1.29 is 14.6 Å². The van der Waals surface area contributed by atoms with Crippen LogP contribution in [-0.4, -0.2) is 24.3 Å². The maximum absolute atomic E-state index is 12.3. The van der Waals surface area contributed by atoms with E-state index in [0.717, 1.165) is 32.1 Å². The Morgan fingerprint density at radius 3 is 2.71 bits per heavy atom. The lowest BCUT2D eigenvalue weighted by Crippen LogP contribution is -2.52. The minimum Gasteiger partial charge on any atom is -0.469 e. The van der Waals surface area contributed by atoms with E-state index in [1.807, 2.05) is 0 Å². The molecule has 0 unspecified atom stereocenters. The van der Waals surface area contributed by atoms with Crippen LogP contribution in [0, 0.1) is 40.4 Å². The Labute approximate surface area is 145 Å². The van der Waals surface area contributed by atoms with Gasteiger partial charge in [-0.3, -0.25) is 4.79 Å². The maximum atomic E-state index is 12.3. The summed E-state index contributed by atoms with van der Waals surface area (Å²) in [4.78, 5) is 12.3. The van der Waals surface area contributed by atoms with E-state index in [1.165, 1.54) is 20.0 Å². The van der Waals surface area contributed by atoms with Gasteiger partial charge in [0.25, 0.3) is 0 Å². The molecule has 3 fully saturated rings. The highest BCUT2D eigenvalue weighted by Gasteiger charge is 2.59. The number of esters is 1. The van der Waals surface area contributed by atoms with Gasteiger partial charge in [0, 0.05) is 5.41 Å². The molecule has 8 atom stereocenters. The molecule has 0 amide bonds. The molecule has 0 aromatic rings. The van der Waals surface area contributed by atoms with Crippen LogP contribution in [0.3, 0.4) is 0 Å². The number of hydrogen-bond acceptors (Lipinski definition) is 3. The number of fused-ring (bicyclic) bond motifs is 5. The third-order valence-electron chi connectivity index (χ3n) is 8.56. The van der Waals surface area contributed by atoms with E-state index >= 15 is 0 Å². The molecule has 0 spiro atoms. The van der Waals surface area contributed by atoms with E-state index < -0.39 is 0 Å². The van der Waals surface area contributed by atoms with Crippen LogP contribution in [-0.2, 0) is 9.53 Å². The first-order valence-electron chi connectivity index (χ1n) is 9.85. The van der Waals surface area contributed by atoms with Crippen LogP contribution in [0.15, 0.2) is 12.2 Å². The van der Waals surface area contributed by atoms with Gasteiger partial charge in [0.05, 0.1) is 19.1 Å². The molecule has 134 valence electrons. The predicted octanol–water partition coefficient (Wildman–Crippen LogP) is 3.96. The maximum Gasteiger partial charge on any atom is 0.309 e. The first-order valence-corrected chi connectivity index (χ1v) is 9.85. The number of methoxy groups -OCH3 is 1. The van der Waals surface area contributed by atoms with Gasteiger partial charge in [-0.1, -0.05) is 26.0 Å². The number of ether oxygens (including phenoxy) is 1. The van der Waals surface area contributed by atoms with Crippen molar-refractivity contribution >= 4 is 5.97 Å². The standard InChI is InChI=1S/C21H32O3/c1-20-10-8-14(22)12-13(20)4-5-15-16-6-7-18(19(23)24-3)21(16,2)11-9-17(15)20/h9,11,13-18,22H,4-8,10,12H2,1-3H3/t13-,14-,15+,16+,17+,18-,20-,21-/m0/s1. The van der Waals surface area contributed by atoms with Crippen molar-refractivity contribution in [3.05, 3.63) is 12.2 Å². The first kappa shape index (κ1) is 16.6. The lowest BCUT2D eigenvalue weighted by atomic mass is 9.47. The number of aliphatic hydroxyl groups excluding tert-OH is 1. The van der Waals surface area contributed by atoms with E-state index in [2.05, 4.69) is 26.0 Å². The third kappa shape index (κ3) is 2.16. The van der Waals surface area contributed by atoms with Gasteiger partial charge in [0.15, 0.2) is 0 Å². The average molecular weight is 332 g/mol. The van der Waals surface area contributed by atoms with Gasteiger partial charge in [0.1, 0.15) is 0 Å². The lowest BCUT2D eigenvalue weighted by Gasteiger charge is -2.58. The van der Waals surface area contributed by atoms with Crippen LogP contribution < -0.4 is 0 Å². The zero-order chi connectivity index (χ0) is 17.1. The fourth-order valence-corrected chi connectivity index (χ4v) is 7.13. The van der Waals surface area contributed by atoms with Crippen LogP contribution >= 0.6 is 0 Å². The third-order valence-corrected chi connectivity index (χ3v) is 8.56. The van der Waals surface area contributed by atoms with Gasteiger partial charge in [-0.25, -0.2) is 0 Å². The Bertz CT molecular complexity index is 555. The Morgan fingerprint density at radius 2 is 1.96 bits per heavy atom. The smallest absolute Gasteiger partial charge is 0.309 e. The summed E-state index contributed by atoms with van der Waals surface area (Å²) in [6.07, 6.45) is 12.5. The molecule has 0 aromatic carbocycles. The summed E-state index contributed by atoms with van der Waals surface area (Å²) >= 11 is 0. The van der Waals surface area contributed by atoms with Gasteiger partial charge in [-0.2, -0.15) is 0 Å². The van der Waals surface area contributed by atoms with Gasteiger partial charge < -0.3 is 9.84 Å². The highest BCUT2D eigenvalue weighted by molar-refractivity contribution is 5.74. The number of carbonyl (C=O) groups excluding carboxylic acids is 1. The molecule has 3 nitrogen and oxygen atoms in total. The fourth-order valence-electron chi connectivity index (χ4n) is 7.13. The minimum absolute atomic E-state index is 0.0222. The second-order valence-electron chi connectivity index (χ2n) is 9.38. The van der Waals surface area contributed by atoms with Gasteiger partial charge in [-0.05, 0) is 74.0 Å². The van der Waals surface area contributed by atoms with Crippen molar-refractivity contribution in [3.8, 4) is 0 Å². The molecular formula is C21H32O3. The van der Waals surface area contributed by atoms with Crippen LogP contribution in [0.5, 0.6) is 0 Å². The molecule has 0 saturated heterocycles. The van der Waals surface area contributed by atoms with Gasteiger partial charge in [-0.15, -0.1) is 0 Å². The zero-order valence-corrected chi connectivity index (χ0v) is 15.3. The number of aliphatic hydroxyl groups is 1. The predicted molar refractivity (Wildman–Crippen MR) is 93.1 cm³/mol. The molecule has 3 heteroatoms. The SMILES string of the molecule is COC(=O)[C@@H]1CC[C@@H]2[C@H]3CC[C@H]4C[C@@H](O)CC[C@]4(C)[C@@H]3C=C[C@@]21C. The quantitative estimate of drug-likeness (QED) is 0.584. The summed E-state index contributed by atoms with van der Waals surface area (Å²) in [6.45, 7) is 4.76. The Kier molecular flexibility index (Phi) is 3.87. The summed E-state index contributed by atoms with van der Waals surface area (Å²) in [5, 5.41) is 10.1. The fraction of sp³-hybridized carbons (Fsp3) is 0.857. The monoisotopic (exact) mass is 332 g/mol. The van der Waals surface area contributed by atoms with Gasteiger partial charge >= 0.3 is 5.97 Å². The van der Waals surface area contributed by atoms with Crippen LogP contribution in [0.2, 0.25) is 0 Å². The van der Waals surface area contributed by atoms with Crippen molar-refractivity contribution in [1.29, 1.82) is 0 Å². The Morgan fingerprint density at radius 1 is 1.17 bits per heavy atom. The molecule has 0 aliphatic heterocycles. The molecule has 0 heterocycles. The number of allylic oxidation sites excluding steroid dienone is 2. The summed E-state index contributed by atoms with van der Waals surface area (Å²) in [5.41, 5.74) is 0.314. The summed E-state index contributed by atoms with van der Waals surface area (Å²) < 4.78 is 5.10. The second-order valence-corrected chi connectivity index (χ2v) is 9.38. The molecule has 1 N–H and O–H groups in total. The van der Waals surface area contributed by atoms with Crippen molar-refractivity contribution in [1.82, 2.24) is 0 Å². The van der Waals surface area contributed by atoms with Crippen LogP contribution in [0.4, 0.5) is 0 Å². The number of carbonyl (C=O) groups is 1. The molecule has 24 heavy (non-hydrogen) atoms. The molecule has 0 bridgehead atoms. The molecule has 4 aliphatic rings. The van der Waals surface area contributed by atoms with Crippen LogP contribution in [0.1, 0.15) is 58.8 Å². The summed E-state index contributed by atoms with van der Waals surface area (Å²) in [6, 6.07) is 0. The van der Waals surface area contributed by atoms with E-state index in [-0.39, 0.29) is 23.4 Å². The Hall–Kier alpha value is -0.830. The van der Waals surface area contributed by atoms with Crippen molar-refractivity contribution in [2.24, 2.45) is 40.4 Å². The average Bonchev–Trinajstić information content (AvgIpc) is 2.92. The van der Waals surface area contributed by atoms with E-state index in [9.17, 15) is 9.90 Å². The highest BCUT2D eigenvalue weighted by atomic mass is 16.5. The van der Waals surface area contributed by atoms with Crippen molar-refractivity contribution in [2.75, 3.05) is 7.11 Å². The van der Waals surface area contributed by atoms with Crippen molar-refractivity contribution in [3.63, 3.8) is 0 Å². The van der Waals surface area contributed by atoms with E-state index in [1.54, 1.807) is 0 Å². The first-order chi connectivity index (χ1) is 11.4. The molecule has 4 rings (SSSR count). The minimum atomic E-state index is -0.0901. The molecule has 3 saturated carbocycles. The molecule has 0 aromatic heterocycles. The zero-order valence-electron chi connectivity index (χ0n) is 15.3. The highest BCUT2D eigenvalue weighted by Crippen LogP contribution is 2.65.